The molecule has 16 heavy (non-hydrogen) atoms. The summed E-state index contributed by atoms with van der Waals surface area (Å²) in [5.41, 5.74) is 1.02. The molecule has 0 fully saturated rings. The number of hydrogen-bond donors (Lipinski definition) is 1. The number of rotatable bonds is 3. The average molecular weight is 363 g/mol. The predicted molar refractivity (Wildman–Crippen MR) is 72.6 cm³/mol. The number of nitrogens with zero attached hydrogens (tertiary/aromatic N) is 1. The molecule has 2 rings (SSSR count). The number of pyridine rings is 1. The fourth-order valence-electron chi connectivity index (χ4n) is 1.39. The Hall–Kier alpha value is -0.230. The van der Waals surface area contributed by atoms with Crippen molar-refractivity contribution in [1.29, 1.82) is 0 Å². The van der Waals surface area contributed by atoms with Crippen LogP contribution in [0.25, 0.3) is 0 Å². The van der Waals surface area contributed by atoms with Crippen LogP contribution in [0, 0.1) is 0 Å². The minimum Gasteiger partial charge on any atom is -0.387 e. The zero-order chi connectivity index (χ0) is 11.5. The normalized spacial score (nSPS) is 12.7. The Labute approximate surface area is 115 Å². The summed E-state index contributed by atoms with van der Waals surface area (Å²) >= 11 is 8.29. The van der Waals surface area contributed by atoms with E-state index in [4.69, 9.17) is 0 Å². The summed E-state index contributed by atoms with van der Waals surface area (Å²) < 4.78 is 1.95. The first kappa shape index (κ1) is 12.2. The lowest BCUT2D eigenvalue weighted by molar-refractivity contribution is 0.182. The van der Waals surface area contributed by atoms with Crippen molar-refractivity contribution < 1.29 is 5.11 Å². The molecule has 1 unspecified atom stereocenters. The van der Waals surface area contributed by atoms with Crippen LogP contribution >= 0.6 is 43.2 Å². The molecular weight excluding hydrogens is 354 g/mol. The maximum Gasteiger partial charge on any atom is 0.0923 e. The zero-order valence-corrected chi connectivity index (χ0v) is 12.2. The highest BCUT2D eigenvalue weighted by Crippen LogP contribution is 2.28. The van der Waals surface area contributed by atoms with Crippen LogP contribution in [0.3, 0.4) is 0 Å². The molecular formula is C11H9Br2NOS. The number of hydrogen-bond acceptors (Lipinski definition) is 3. The van der Waals surface area contributed by atoms with Gasteiger partial charge >= 0.3 is 0 Å². The van der Waals surface area contributed by atoms with Crippen molar-refractivity contribution in [1.82, 2.24) is 4.98 Å². The highest BCUT2D eigenvalue weighted by molar-refractivity contribution is 9.10. The highest BCUT2D eigenvalue weighted by atomic mass is 79.9. The van der Waals surface area contributed by atoms with Gasteiger partial charge in [-0.1, -0.05) is 0 Å². The Bertz CT molecular complexity index is 486. The molecule has 0 aliphatic carbocycles. The third kappa shape index (κ3) is 3.13. The van der Waals surface area contributed by atoms with Crippen LogP contribution in [0.4, 0.5) is 0 Å². The van der Waals surface area contributed by atoms with Gasteiger partial charge in [0.2, 0.25) is 0 Å². The third-order valence-corrected chi connectivity index (χ3v) is 4.34. The van der Waals surface area contributed by atoms with Gasteiger partial charge in [0, 0.05) is 38.0 Å². The molecule has 2 nitrogen and oxygen atoms in total. The second-order valence-electron chi connectivity index (χ2n) is 3.40. The second-order valence-corrected chi connectivity index (χ2v) is 6.17. The predicted octanol–water partition coefficient (Wildman–Crippen LogP) is 3.94. The lowest BCUT2D eigenvalue weighted by Gasteiger charge is -2.08. The largest absolute Gasteiger partial charge is 0.387 e. The Balaban J connectivity index is 2.10. The first-order valence-electron chi connectivity index (χ1n) is 4.66. The molecule has 0 bridgehead atoms. The molecule has 0 aliphatic rings. The van der Waals surface area contributed by atoms with Crippen LogP contribution in [0.5, 0.6) is 0 Å². The van der Waals surface area contributed by atoms with Gasteiger partial charge in [-0.25, -0.2) is 0 Å². The Morgan fingerprint density at radius 1 is 1.25 bits per heavy atom. The summed E-state index contributed by atoms with van der Waals surface area (Å²) in [4.78, 5) is 5.04. The maximum absolute atomic E-state index is 10.0. The van der Waals surface area contributed by atoms with E-state index in [1.54, 1.807) is 23.7 Å². The van der Waals surface area contributed by atoms with Gasteiger partial charge in [0.05, 0.1) is 6.10 Å². The van der Waals surface area contributed by atoms with Crippen molar-refractivity contribution in [2.75, 3.05) is 0 Å². The topological polar surface area (TPSA) is 33.1 Å². The molecule has 2 aromatic rings. The summed E-state index contributed by atoms with van der Waals surface area (Å²) in [6, 6.07) is 3.92. The van der Waals surface area contributed by atoms with E-state index in [1.807, 2.05) is 17.5 Å². The van der Waals surface area contributed by atoms with E-state index in [1.165, 1.54) is 0 Å². The summed E-state index contributed by atoms with van der Waals surface area (Å²) in [6.45, 7) is 0. The molecule has 2 heterocycles. The van der Waals surface area contributed by atoms with Crippen molar-refractivity contribution in [3.05, 3.63) is 49.3 Å². The average Bonchev–Trinajstić information content (AvgIpc) is 2.65. The SMILES string of the molecule is OC(Cc1cncc(Br)c1)c1cc(Br)cs1. The van der Waals surface area contributed by atoms with Crippen LogP contribution < -0.4 is 0 Å². The number of thiophene rings is 1. The molecule has 0 saturated heterocycles. The van der Waals surface area contributed by atoms with Crippen LogP contribution in [0.15, 0.2) is 38.9 Å². The van der Waals surface area contributed by atoms with Crippen molar-refractivity contribution >= 4 is 43.2 Å². The van der Waals surface area contributed by atoms with Crippen molar-refractivity contribution in [3.63, 3.8) is 0 Å². The minimum atomic E-state index is -0.465. The molecule has 84 valence electrons. The molecule has 0 aliphatic heterocycles. The zero-order valence-electron chi connectivity index (χ0n) is 8.23. The first-order valence-corrected chi connectivity index (χ1v) is 7.13. The Morgan fingerprint density at radius 2 is 2.06 bits per heavy atom. The smallest absolute Gasteiger partial charge is 0.0923 e. The van der Waals surface area contributed by atoms with E-state index in [9.17, 15) is 5.11 Å². The van der Waals surface area contributed by atoms with E-state index in [0.29, 0.717) is 6.42 Å². The van der Waals surface area contributed by atoms with E-state index in [0.717, 1.165) is 19.4 Å². The molecule has 0 radical (unpaired) electrons. The molecule has 0 amide bonds. The number of halogens is 2. The first-order chi connectivity index (χ1) is 7.65. The van der Waals surface area contributed by atoms with Crippen molar-refractivity contribution in [3.8, 4) is 0 Å². The van der Waals surface area contributed by atoms with Gasteiger partial charge in [-0.3, -0.25) is 4.98 Å². The van der Waals surface area contributed by atoms with Crippen LogP contribution in [0.1, 0.15) is 16.5 Å². The summed E-state index contributed by atoms with van der Waals surface area (Å²) in [5, 5.41) is 12.0. The Kier molecular flexibility index (Phi) is 4.13. The van der Waals surface area contributed by atoms with Crippen LogP contribution in [0.2, 0.25) is 0 Å². The third-order valence-electron chi connectivity index (χ3n) is 2.11. The standard InChI is InChI=1S/C11H9Br2NOS/c12-8-1-7(4-14-5-8)2-10(15)11-3-9(13)6-16-11/h1,3-6,10,15H,2H2. The highest BCUT2D eigenvalue weighted by Gasteiger charge is 2.11. The van der Waals surface area contributed by atoms with Gasteiger partial charge in [0.25, 0.3) is 0 Å². The van der Waals surface area contributed by atoms with E-state index in [-0.39, 0.29) is 0 Å². The van der Waals surface area contributed by atoms with E-state index >= 15 is 0 Å². The van der Waals surface area contributed by atoms with Crippen LogP contribution in [-0.2, 0) is 6.42 Å². The van der Waals surface area contributed by atoms with Gasteiger partial charge in [0.1, 0.15) is 0 Å². The lowest BCUT2D eigenvalue weighted by Crippen LogP contribution is -1.99. The maximum atomic E-state index is 10.0. The van der Waals surface area contributed by atoms with Crippen molar-refractivity contribution in [2.24, 2.45) is 0 Å². The molecule has 5 heteroatoms. The van der Waals surface area contributed by atoms with E-state index < -0.39 is 6.10 Å². The lowest BCUT2D eigenvalue weighted by atomic mass is 10.1. The van der Waals surface area contributed by atoms with Gasteiger partial charge < -0.3 is 5.11 Å². The number of aliphatic hydroxyl groups is 1. The molecule has 0 saturated carbocycles. The van der Waals surface area contributed by atoms with Crippen LogP contribution in [-0.4, -0.2) is 10.1 Å². The van der Waals surface area contributed by atoms with Gasteiger partial charge in [0.15, 0.2) is 0 Å². The number of aliphatic hydroxyl groups excluding tert-OH is 1. The molecule has 0 spiro atoms. The van der Waals surface area contributed by atoms with Gasteiger partial charge in [-0.2, -0.15) is 0 Å². The van der Waals surface area contributed by atoms with Gasteiger partial charge in [-0.15, -0.1) is 11.3 Å². The quantitative estimate of drug-likeness (QED) is 0.896. The summed E-state index contributed by atoms with van der Waals surface area (Å²) in [5.74, 6) is 0. The van der Waals surface area contributed by atoms with E-state index in [2.05, 4.69) is 36.8 Å². The van der Waals surface area contributed by atoms with Crippen molar-refractivity contribution in [2.45, 2.75) is 12.5 Å². The molecule has 1 N–H and O–H groups in total. The minimum absolute atomic E-state index is 0.465. The summed E-state index contributed by atoms with van der Waals surface area (Å²) in [6.07, 6.45) is 3.63. The summed E-state index contributed by atoms with van der Waals surface area (Å²) in [7, 11) is 0. The Morgan fingerprint density at radius 3 is 2.69 bits per heavy atom. The number of aromatic nitrogens is 1. The van der Waals surface area contributed by atoms with Gasteiger partial charge in [-0.05, 0) is 49.6 Å². The molecule has 1 atom stereocenters. The fourth-order valence-corrected chi connectivity index (χ4v) is 3.24. The molecule has 2 aromatic heterocycles. The monoisotopic (exact) mass is 361 g/mol. The second kappa shape index (κ2) is 5.40. The fraction of sp³-hybridized carbons (Fsp3) is 0.182. The molecule has 0 aromatic carbocycles.